The summed E-state index contributed by atoms with van der Waals surface area (Å²) in [6.45, 7) is 10.00. The van der Waals surface area contributed by atoms with Crippen LogP contribution in [0.4, 0.5) is 0 Å². The van der Waals surface area contributed by atoms with Crippen molar-refractivity contribution >= 4 is 5.91 Å². The molecule has 0 aromatic carbocycles. The van der Waals surface area contributed by atoms with Gasteiger partial charge in [0.25, 0.3) is 0 Å². The van der Waals surface area contributed by atoms with Gasteiger partial charge in [-0.05, 0) is 31.9 Å². The topological polar surface area (TPSA) is 42.4 Å². The molecule has 0 radical (unpaired) electrons. The normalized spacial score (nSPS) is 11.1. The Morgan fingerprint density at radius 1 is 1.30 bits per heavy atom. The Balaban J connectivity index is 2.47. The first-order chi connectivity index (χ1) is 9.50. The molecule has 0 N–H and O–H groups in total. The van der Waals surface area contributed by atoms with E-state index >= 15 is 0 Å². The summed E-state index contributed by atoms with van der Waals surface area (Å²) in [7, 11) is 0. The number of pyridine rings is 1. The minimum absolute atomic E-state index is 0.120. The zero-order valence-corrected chi connectivity index (χ0v) is 13.0. The number of hydrogen-bond acceptors (Lipinski definition) is 3. The Labute approximate surface area is 122 Å². The van der Waals surface area contributed by atoms with Gasteiger partial charge in [0.2, 0.25) is 5.91 Å². The maximum Gasteiger partial charge on any atom is 0.225 e. The van der Waals surface area contributed by atoms with Crippen LogP contribution in [0.3, 0.4) is 0 Å². The van der Waals surface area contributed by atoms with Crippen molar-refractivity contribution in [3.05, 3.63) is 30.1 Å². The number of aromatic nitrogens is 1. The van der Waals surface area contributed by atoms with Gasteiger partial charge in [0, 0.05) is 18.8 Å². The summed E-state index contributed by atoms with van der Waals surface area (Å²) in [6.07, 6.45) is 2.18. The Morgan fingerprint density at radius 2 is 2.05 bits per heavy atom. The van der Waals surface area contributed by atoms with E-state index in [2.05, 4.69) is 18.8 Å². The molecule has 1 amide bonds. The summed E-state index contributed by atoms with van der Waals surface area (Å²) < 4.78 is 5.48. The molecule has 0 unspecified atom stereocenters. The molecule has 0 atom stereocenters. The minimum atomic E-state index is 0.120. The lowest BCUT2D eigenvalue weighted by Gasteiger charge is -2.26. The summed E-state index contributed by atoms with van der Waals surface area (Å²) in [4.78, 5) is 18.4. The fourth-order valence-electron chi connectivity index (χ4n) is 1.85. The molecule has 1 rings (SSSR count). The molecule has 20 heavy (non-hydrogen) atoms. The fraction of sp³-hybridized carbons (Fsp3) is 0.625. The summed E-state index contributed by atoms with van der Waals surface area (Å²) in [5.74, 6) is 0.620. The number of ether oxygens (including phenoxy) is 1. The molecule has 0 saturated heterocycles. The predicted molar refractivity (Wildman–Crippen MR) is 80.2 cm³/mol. The zero-order chi connectivity index (χ0) is 15.0. The first-order valence-electron chi connectivity index (χ1n) is 7.27. The molecule has 1 heterocycles. The fourth-order valence-corrected chi connectivity index (χ4v) is 1.85. The smallest absolute Gasteiger partial charge is 0.225 e. The van der Waals surface area contributed by atoms with Crippen molar-refractivity contribution in [1.82, 2.24) is 9.88 Å². The summed E-state index contributed by atoms with van der Waals surface area (Å²) in [6, 6.07) is 5.93. The average molecular weight is 278 g/mol. The van der Waals surface area contributed by atoms with Gasteiger partial charge in [-0.25, -0.2) is 0 Å². The largest absolute Gasteiger partial charge is 0.381 e. The second kappa shape index (κ2) is 8.69. The monoisotopic (exact) mass is 278 g/mol. The maximum atomic E-state index is 12.3. The molecule has 0 aliphatic rings. The highest BCUT2D eigenvalue weighted by Gasteiger charge is 2.17. The van der Waals surface area contributed by atoms with E-state index in [0.717, 1.165) is 5.69 Å². The highest BCUT2D eigenvalue weighted by Crippen LogP contribution is 2.08. The molecule has 0 spiro atoms. The van der Waals surface area contributed by atoms with Gasteiger partial charge in [0.15, 0.2) is 0 Å². The standard InChI is InChI=1S/C16H26N2O2/c1-13(2)12-20-10-8-16(19)18(14(3)4)11-15-7-5-6-9-17-15/h5-7,9,13-14H,8,10-12H2,1-4H3. The van der Waals surface area contributed by atoms with Crippen LogP contribution in [0.15, 0.2) is 24.4 Å². The average Bonchev–Trinajstić information content (AvgIpc) is 2.41. The predicted octanol–water partition coefficient (Wildman–Crippen LogP) is 2.88. The molecule has 0 saturated carbocycles. The molecule has 112 valence electrons. The van der Waals surface area contributed by atoms with Crippen LogP contribution in [-0.4, -0.2) is 35.0 Å². The van der Waals surface area contributed by atoms with Crippen LogP contribution in [0.25, 0.3) is 0 Å². The van der Waals surface area contributed by atoms with Crippen molar-refractivity contribution in [2.24, 2.45) is 5.92 Å². The lowest BCUT2D eigenvalue weighted by Crippen LogP contribution is -2.37. The van der Waals surface area contributed by atoms with Gasteiger partial charge in [-0.1, -0.05) is 19.9 Å². The summed E-state index contributed by atoms with van der Waals surface area (Å²) in [5, 5.41) is 0. The van der Waals surface area contributed by atoms with Crippen molar-refractivity contribution in [2.45, 2.75) is 46.7 Å². The number of carbonyl (C=O) groups excluding carboxylic acids is 1. The molecular formula is C16H26N2O2. The van der Waals surface area contributed by atoms with Crippen LogP contribution in [0.1, 0.15) is 39.8 Å². The van der Waals surface area contributed by atoms with Gasteiger partial charge in [-0.3, -0.25) is 9.78 Å². The third-order valence-electron chi connectivity index (χ3n) is 2.91. The van der Waals surface area contributed by atoms with E-state index in [1.54, 1.807) is 6.20 Å². The number of rotatable bonds is 8. The molecule has 4 heteroatoms. The van der Waals surface area contributed by atoms with Gasteiger partial charge in [0.1, 0.15) is 0 Å². The SMILES string of the molecule is CC(C)COCCC(=O)N(Cc1ccccn1)C(C)C. The van der Waals surface area contributed by atoms with Crippen molar-refractivity contribution < 1.29 is 9.53 Å². The van der Waals surface area contributed by atoms with Crippen molar-refractivity contribution in [2.75, 3.05) is 13.2 Å². The molecule has 1 aromatic heterocycles. The van der Waals surface area contributed by atoms with E-state index in [4.69, 9.17) is 4.74 Å². The van der Waals surface area contributed by atoms with Gasteiger partial charge in [0.05, 0.1) is 25.3 Å². The quantitative estimate of drug-likeness (QED) is 0.687. The Hall–Kier alpha value is -1.42. The van der Waals surface area contributed by atoms with Crippen molar-refractivity contribution in [3.8, 4) is 0 Å². The first kappa shape index (κ1) is 16.6. The number of nitrogens with zero attached hydrogens (tertiary/aromatic N) is 2. The van der Waals surface area contributed by atoms with Crippen molar-refractivity contribution in [3.63, 3.8) is 0 Å². The van der Waals surface area contributed by atoms with E-state index in [0.29, 0.717) is 32.1 Å². The lowest BCUT2D eigenvalue weighted by atomic mass is 10.2. The van der Waals surface area contributed by atoms with Gasteiger partial charge >= 0.3 is 0 Å². The van der Waals surface area contributed by atoms with E-state index in [9.17, 15) is 4.79 Å². The third kappa shape index (κ3) is 6.15. The van der Waals surface area contributed by atoms with Crippen LogP contribution < -0.4 is 0 Å². The molecule has 0 bridgehead atoms. The molecule has 1 aromatic rings. The molecule has 4 nitrogen and oxygen atoms in total. The molecule has 0 fully saturated rings. The Kier molecular flexibility index (Phi) is 7.23. The second-order valence-corrected chi connectivity index (χ2v) is 5.66. The maximum absolute atomic E-state index is 12.3. The minimum Gasteiger partial charge on any atom is -0.381 e. The molecule has 0 aliphatic carbocycles. The number of amides is 1. The zero-order valence-electron chi connectivity index (χ0n) is 13.0. The third-order valence-corrected chi connectivity index (χ3v) is 2.91. The van der Waals surface area contributed by atoms with Gasteiger partial charge < -0.3 is 9.64 Å². The van der Waals surface area contributed by atoms with Gasteiger partial charge in [-0.2, -0.15) is 0 Å². The van der Waals surface area contributed by atoms with Crippen molar-refractivity contribution in [1.29, 1.82) is 0 Å². The van der Waals surface area contributed by atoms with Gasteiger partial charge in [-0.15, -0.1) is 0 Å². The summed E-state index contributed by atoms with van der Waals surface area (Å²) in [5.41, 5.74) is 0.914. The first-order valence-corrected chi connectivity index (χ1v) is 7.27. The van der Waals surface area contributed by atoms with Crippen LogP contribution in [0, 0.1) is 5.92 Å². The van der Waals surface area contributed by atoms with E-state index in [1.165, 1.54) is 0 Å². The van der Waals surface area contributed by atoms with Crippen LogP contribution in [0.5, 0.6) is 0 Å². The number of hydrogen-bond donors (Lipinski definition) is 0. The molecule has 0 aliphatic heterocycles. The Morgan fingerprint density at radius 3 is 2.60 bits per heavy atom. The molecular weight excluding hydrogens is 252 g/mol. The Bertz CT molecular complexity index is 391. The van der Waals surface area contributed by atoms with E-state index in [-0.39, 0.29) is 11.9 Å². The van der Waals surface area contributed by atoms with E-state index < -0.39 is 0 Å². The summed E-state index contributed by atoms with van der Waals surface area (Å²) >= 11 is 0. The van der Waals surface area contributed by atoms with E-state index in [1.807, 2.05) is 36.9 Å². The number of carbonyl (C=O) groups is 1. The highest BCUT2D eigenvalue weighted by molar-refractivity contribution is 5.76. The van der Waals surface area contributed by atoms with Crippen LogP contribution in [0.2, 0.25) is 0 Å². The van der Waals surface area contributed by atoms with Crippen LogP contribution >= 0.6 is 0 Å². The second-order valence-electron chi connectivity index (χ2n) is 5.66. The lowest BCUT2D eigenvalue weighted by molar-refractivity contribution is -0.134. The highest BCUT2D eigenvalue weighted by atomic mass is 16.5. The van der Waals surface area contributed by atoms with Crippen LogP contribution in [-0.2, 0) is 16.1 Å².